The van der Waals surface area contributed by atoms with Gasteiger partial charge in [-0.2, -0.15) is 0 Å². The molecule has 2 saturated heterocycles. The van der Waals surface area contributed by atoms with E-state index in [0.717, 1.165) is 45.6 Å². The molecular weight excluding hydrogens is 262 g/mol. The van der Waals surface area contributed by atoms with E-state index in [-0.39, 0.29) is 11.8 Å². The second kappa shape index (κ2) is 6.58. The standard InChI is InChI=1S/C17H25N3O/c1-13-4-2-3-5-14(13)12-20-8-6-16(7-9-20)19-17(21)15-10-18-11-15/h2-5,15-16,18H,6-12H2,1H3,(H,19,21). The lowest BCUT2D eigenvalue weighted by Gasteiger charge is -2.34. The van der Waals surface area contributed by atoms with Crippen LogP contribution in [0.3, 0.4) is 0 Å². The number of nitrogens with one attached hydrogen (secondary N) is 2. The summed E-state index contributed by atoms with van der Waals surface area (Å²) in [5, 5.41) is 6.36. The number of rotatable bonds is 4. The van der Waals surface area contributed by atoms with Gasteiger partial charge in [-0.25, -0.2) is 0 Å². The molecule has 2 fully saturated rings. The Morgan fingerprint density at radius 3 is 2.62 bits per heavy atom. The number of benzene rings is 1. The Labute approximate surface area is 126 Å². The number of hydrogen-bond acceptors (Lipinski definition) is 3. The minimum Gasteiger partial charge on any atom is -0.353 e. The van der Waals surface area contributed by atoms with Gasteiger partial charge in [-0.05, 0) is 30.9 Å². The Balaban J connectivity index is 1.44. The maximum absolute atomic E-state index is 11.9. The summed E-state index contributed by atoms with van der Waals surface area (Å²) in [4.78, 5) is 14.4. The Kier molecular flexibility index (Phi) is 4.56. The summed E-state index contributed by atoms with van der Waals surface area (Å²) in [7, 11) is 0. The molecule has 3 rings (SSSR count). The van der Waals surface area contributed by atoms with Crippen molar-refractivity contribution in [2.75, 3.05) is 26.2 Å². The van der Waals surface area contributed by atoms with Crippen molar-refractivity contribution in [3.05, 3.63) is 35.4 Å². The van der Waals surface area contributed by atoms with Crippen LogP contribution in [-0.4, -0.2) is 43.0 Å². The first-order chi connectivity index (χ1) is 10.2. The number of nitrogens with zero attached hydrogens (tertiary/aromatic N) is 1. The molecule has 0 radical (unpaired) electrons. The van der Waals surface area contributed by atoms with Crippen molar-refractivity contribution in [1.82, 2.24) is 15.5 Å². The highest BCUT2D eigenvalue weighted by molar-refractivity contribution is 5.80. The van der Waals surface area contributed by atoms with Gasteiger partial charge in [0.05, 0.1) is 5.92 Å². The normalized spacial score (nSPS) is 21.0. The average Bonchev–Trinajstić information content (AvgIpc) is 2.41. The van der Waals surface area contributed by atoms with E-state index in [4.69, 9.17) is 0 Å². The summed E-state index contributed by atoms with van der Waals surface area (Å²) in [6, 6.07) is 8.96. The number of likely N-dealkylation sites (tertiary alicyclic amines) is 1. The zero-order valence-corrected chi connectivity index (χ0v) is 12.8. The minimum absolute atomic E-state index is 0.204. The van der Waals surface area contributed by atoms with Crippen LogP contribution in [0.1, 0.15) is 24.0 Å². The Bertz CT molecular complexity index is 491. The van der Waals surface area contributed by atoms with Gasteiger partial charge >= 0.3 is 0 Å². The maximum Gasteiger partial charge on any atom is 0.225 e. The van der Waals surface area contributed by atoms with Crippen molar-refractivity contribution >= 4 is 5.91 Å². The van der Waals surface area contributed by atoms with Crippen LogP contribution in [0.15, 0.2) is 24.3 Å². The molecule has 0 spiro atoms. The molecule has 2 aliphatic rings. The lowest BCUT2D eigenvalue weighted by atomic mass is 9.99. The third kappa shape index (κ3) is 3.63. The molecule has 2 N–H and O–H groups in total. The molecule has 2 heterocycles. The minimum atomic E-state index is 0.204. The first-order valence-electron chi connectivity index (χ1n) is 8.00. The Morgan fingerprint density at radius 2 is 2.00 bits per heavy atom. The molecule has 0 aromatic heterocycles. The van der Waals surface area contributed by atoms with E-state index in [1.54, 1.807) is 0 Å². The van der Waals surface area contributed by atoms with E-state index < -0.39 is 0 Å². The number of amides is 1. The lowest BCUT2D eigenvalue weighted by molar-refractivity contribution is -0.127. The topological polar surface area (TPSA) is 44.4 Å². The number of aryl methyl sites for hydroxylation is 1. The van der Waals surface area contributed by atoms with Crippen LogP contribution in [0, 0.1) is 12.8 Å². The summed E-state index contributed by atoms with van der Waals surface area (Å²) in [5.41, 5.74) is 2.78. The van der Waals surface area contributed by atoms with Crippen molar-refractivity contribution in [3.8, 4) is 0 Å². The molecule has 1 aromatic carbocycles. The lowest BCUT2D eigenvalue weighted by Crippen LogP contribution is -2.54. The van der Waals surface area contributed by atoms with E-state index in [9.17, 15) is 4.79 Å². The van der Waals surface area contributed by atoms with Crippen molar-refractivity contribution in [3.63, 3.8) is 0 Å². The maximum atomic E-state index is 11.9. The second-order valence-corrected chi connectivity index (χ2v) is 6.34. The van der Waals surface area contributed by atoms with Gasteiger partial charge in [0.25, 0.3) is 0 Å². The van der Waals surface area contributed by atoms with Crippen LogP contribution in [0.4, 0.5) is 0 Å². The van der Waals surface area contributed by atoms with Gasteiger partial charge in [0.2, 0.25) is 5.91 Å². The van der Waals surface area contributed by atoms with Gasteiger partial charge in [-0.3, -0.25) is 9.69 Å². The van der Waals surface area contributed by atoms with E-state index in [1.807, 2.05) is 0 Å². The van der Waals surface area contributed by atoms with Crippen molar-refractivity contribution in [1.29, 1.82) is 0 Å². The van der Waals surface area contributed by atoms with Crippen LogP contribution < -0.4 is 10.6 Å². The SMILES string of the molecule is Cc1ccccc1CN1CCC(NC(=O)C2CNC2)CC1. The predicted octanol–water partition coefficient (Wildman–Crippen LogP) is 1.30. The predicted molar refractivity (Wildman–Crippen MR) is 84.0 cm³/mol. The Morgan fingerprint density at radius 1 is 1.29 bits per heavy atom. The third-order valence-electron chi connectivity index (χ3n) is 4.74. The molecule has 114 valence electrons. The zero-order valence-electron chi connectivity index (χ0n) is 12.8. The largest absolute Gasteiger partial charge is 0.353 e. The van der Waals surface area contributed by atoms with E-state index in [1.165, 1.54) is 11.1 Å². The van der Waals surface area contributed by atoms with Gasteiger partial charge < -0.3 is 10.6 Å². The fourth-order valence-corrected chi connectivity index (χ4v) is 3.06. The number of carbonyl (C=O) groups excluding carboxylic acids is 1. The molecule has 0 aliphatic carbocycles. The van der Waals surface area contributed by atoms with Crippen LogP contribution in [0.25, 0.3) is 0 Å². The van der Waals surface area contributed by atoms with E-state index in [0.29, 0.717) is 6.04 Å². The third-order valence-corrected chi connectivity index (χ3v) is 4.74. The smallest absolute Gasteiger partial charge is 0.225 e. The summed E-state index contributed by atoms with van der Waals surface area (Å²) >= 11 is 0. The van der Waals surface area contributed by atoms with Crippen molar-refractivity contribution in [2.45, 2.75) is 32.4 Å². The van der Waals surface area contributed by atoms with Gasteiger partial charge in [-0.1, -0.05) is 24.3 Å². The number of carbonyl (C=O) groups is 1. The number of piperidine rings is 1. The highest BCUT2D eigenvalue weighted by atomic mass is 16.2. The summed E-state index contributed by atoms with van der Waals surface area (Å²) < 4.78 is 0. The quantitative estimate of drug-likeness (QED) is 0.877. The van der Waals surface area contributed by atoms with Crippen LogP contribution >= 0.6 is 0 Å². The van der Waals surface area contributed by atoms with Gasteiger partial charge in [0.15, 0.2) is 0 Å². The van der Waals surface area contributed by atoms with Crippen molar-refractivity contribution < 1.29 is 4.79 Å². The average molecular weight is 287 g/mol. The second-order valence-electron chi connectivity index (χ2n) is 6.34. The number of hydrogen-bond donors (Lipinski definition) is 2. The summed E-state index contributed by atoms with van der Waals surface area (Å²) in [5.74, 6) is 0.445. The Hall–Kier alpha value is -1.39. The van der Waals surface area contributed by atoms with Gasteiger partial charge in [-0.15, -0.1) is 0 Å². The molecule has 21 heavy (non-hydrogen) atoms. The molecule has 4 heteroatoms. The fraction of sp³-hybridized carbons (Fsp3) is 0.588. The zero-order chi connectivity index (χ0) is 14.7. The molecular formula is C17H25N3O. The molecule has 1 aromatic rings. The molecule has 2 aliphatic heterocycles. The molecule has 4 nitrogen and oxygen atoms in total. The van der Waals surface area contributed by atoms with Crippen LogP contribution in [0.2, 0.25) is 0 Å². The molecule has 0 atom stereocenters. The summed E-state index contributed by atoms with van der Waals surface area (Å²) in [6.07, 6.45) is 2.13. The molecule has 0 saturated carbocycles. The highest BCUT2D eigenvalue weighted by Crippen LogP contribution is 2.16. The van der Waals surface area contributed by atoms with E-state index in [2.05, 4.69) is 46.7 Å². The summed E-state index contributed by atoms with van der Waals surface area (Å²) in [6.45, 7) is 7.04. The van der Waals surface area contributed by atoms with Crippen LogP contribution in [0.5, 0.6) is 0 Å². The highest BCUT2D eigenvalue weighted by Gasteiger charge is 2.28. The monoisotopic (exact) mass is 287 g/mol. The fourth-order valence-electron chi connectivity index (χ4n) is 3.06. The molecule has 1 amide bonds. The first-order valence-corrected chi connectivity index (χ1v) is 8.00. The van der Waals surface area contributed by atoms with Crippen LogP contribution in [-0.2, 0) is 11.3 Å². The molecule has 0 bridgehead atoms. The van der Waals surface area contributed by atoms with Gasteiger partial charge in [0, 0.05) is 38.8 Å². The van der Waals surface area contributed by atoms with E-state index >= 15 is 0 Å². The molecule has 0 unspecified atom stereocenters. The first kappa shape index (κ1) is 14.5. The van der Waals surface area contributed by atoms with Gasteiger partial charge in [0.1, 0.15) is 0 Å². The van der Waals surface area contributed by atoms with Crippen molar-refractivity contribution in [2.24, 2.45) is 5.92 Å².